The number of hydrogen-bond acceptors (Lipinski definition) is 3. The molecule has 0 spiro atoms. The number of anilines is 1. The minimum Gasteiger partial charge on any atom is -0.292 e. The average Bonchev–Trinajstić information content (AvgIpc) is 3.02. The van der Waals surface area contributed by atoms with E-state index in [0.717, 1.165) is 43.0 Å². The minimum atomic E-state index is -1.06. The number of hydrogen-bond donors (Lipinski definition) is 0. The van der Waals surface area contributed by atoms with Crippen LogP contribution in [0.15, 0.2) is 18.2 Å². The van der Waals surface area contributed by atoms with Crippen LogP contribution in [-0.2, 0) is 9.59 Å². The number of carbonyl (C=O) groups excluding carboxylic acids is 2. The molecule has 2 aliphatic heterocycles. The van der Waals surface area contributed by atoms with E-state index < -0.39 is 17.7 Å². The van der Waals surface area contributed by atoms with Crippen molar-refractivity contribution in [3.05, 3.63) is 29.8 Å². The highest BCUT2D eigenvalue weighted by molar-refractivity contribution is 6.22. The Morgan fingerprint density at radius 2 is 1.75 bits per heavy atom. The molecule has 0 radical (unpaired) electrons. The highest BCUT2D eigenvalue weighted by Crippen LogP contribution is 2.28. The van der Waals surface area contributed by atoms with Gasteiger partial charge in [-0.1, -0.05) is 0 Å². The summed E-state index contributed by atoms with van der Waals surface area (Å²) < 4.78 is 26.2. The lowest BCUT2D eigenvalue weighted by Gasteiger charge is -2.21. The van der Waals surface area contributed by atoms with Crippen LogP contribution in [0.2, 0.25) is 0 Å². The summed E-state index contributed by atoms with van der Waals surface area (Å²) in [5.41, 5.74) is 0.0978. The number of benzene rings is 1. The number of halogens is 2. The molecule has 2 heterocycles. The highest BCUT2D eigenvalue weighted by atomic mass is 19.2. The fourth-order valence-corrected chi connectivity index (χ4v) is 2.85. The Morgan fingerprint density at radius 1 is 1.05 bits per heavy atom. The Hall–Kier alpha value is -1.82. The van der Waals surface area contributed by atoms with Gasteiger partial charge in [-0.25, -0.2) is 13.7 Å². The lowest BCUT2D eigenvalue weighted by Crippen LogP contribution is -2.40. The molecule has 0 N–H and O–H groups in total. The number of imide groups is 1. The summed E-state index contributed by atoms with van der Waals surface area (Å²) in [6.45, 7) is 1.60. The van der Waals surface area contributed by atoms with Crippen molar-refractivity contribution < 1.29 is 18.4 Å². The van der Waals surface area contributed by atoms with Gasteiger partial charge in [0.15, 0.2) is 11.6 Å². The first kappa shape index (κ1) is 13.2. The van der Waals surface area contributed by atoms with Crippen LogP contribution in [0.25, 0.3) is 0 Å². The van der Waals surface area contributed by atoms with Crippen molar-refractivity contribution in [3.8, 4) is 0 Å². The van der Waals surface area contributed by atoms with Gasteiger partial charge in [0.05, 0.1) is 18.2 Å². The smallest absolute Gasteiger partial charge is 0.251 e. The van der Waals surface area contributed by atoms with Crippen LogP contribution >= 0.6 is 0 Å². The van der Waals surface area contributed by atoms with Gasteiger partial charge in [-0.05, 0) is 38.1 Å². The molecule has 2 amide bonds. The van der Waals surface area contributed by atoms with Crippen molar-refractivity contribution in [2.24, 2.45) is 0 Å². The Labute approximate surface area is 115 Å². The monoisotopic (exact) mass is 280 g/mol. The maximum atomic E-state index is 13.3. The molecule has 1 aromatic carbocycles. The van der Waals surface area contributed by atoms with Crippen LogP contribution in [0.4, 0.5) is 14.5 Å². The molecular formula is C14H14F2N2O2. The maximum Gasteiger partial charge on any atom is 0.251 e. The van der Waals surface area contributed by atoms with Crippen molar-refractivity contribution in [2.75, 3.05) is 18.0 Å². The Morgan fingerprint density at radius 3 is 2.40 bits per heavy atom. The van der Waals surface area contributed by atoms with E-state index in [0.29, 0.717) is 0 Å². The zero-order chi connectivity index (χ0) is 14.3. The first-order chi connectivity index (χ1) is 9.58. The summed E-state index contributed by atoms with van der Waals surface area (Å²) >= 11 is 0. The van der Waals surface area contributed by atoms with Crippen molar-refractivity contribution in [1.82, 2.24) is 4.90 Å². The highest BCUT2D eigenvalue weighted by Gasteiger charge is 2.43. The second kappa shape index (κ2) is 4.94. The van der Waals surface area contributed by atoms with Crippen LogP contribution in [0, 0.1) is 11.6 Å². The lowest BCUT2D eigenvalue weighted by atomic mass is 10.2. The molecule has 6 heteroatoms. The fourth-order valence-electron chi connectivity index (χ4n) is 2.85. The number of likely N-dealkylation sites (tertiary alicyclic amines) is 1. The van der Waals surface area contributed by atoms with E-state index in [1.165, 1.54) is 6.07 Å². The van der Waals surface area contributed by atoms with Crippen LogP contribution in [0.5, 0.6) is 0 Å². The number of carbonyl (C=O) groups is 2. The third kappa shape index (κ3) is 2.10. The lowest BCUT2D eigenvalue weighted by molar-refractivity contribution is -0.122. The summed E-state index contributed by atoms with van der Waals surface area (Å²) in [5, 5.41) is 0. The van der Waals surface area contributed by atoms with E-state index in [-0.39, 0.29) is 23.9 Å². The number of nitrogens with zero attached hydrogens (tertiary/aromatic N) is 2. The first-order valence-corrected chi connectivity index (χ1v) is 6.64. The molecule has 0 unspecified atom stereocenters. The molecule has 0 bridgehead atoms. The van der Waals surface area contributed by atoms with Crippen LogP contribution in [-0.4, -0.2) is 35.8 Å². The predicted molar refractivity (Wildman–Crippen MR) is 68.1 cm³/mol. The summed E-state index contributed by atoms with van der Waals surface area (Å²) in [6, 6.07) is 2.60. The van der Waals surface area contributed by atoms with Gasteiger partial charge in [0.2, 0.25) is 5.91 Å². The largest absolute Gasteiger partial charge is 0.292 e. The second-order valence-corrected chi connectivity index (χ2v) is 5.13. The average molecular weight is 280 g/mol. The quantitative estimate of drug-likeness (QED) is 0.774. The SMILES string of the molecule is O=C1C[C@@H](N2CCCC2)C(=O)N1c1ccc(F)c(F)c1. The molecule has 106 valence electrons. The molecule has 4 nitrogen and oxygen atoms in total. The van der Waals surface area contributed by atoms with Crippen molar-refractivity contribution in [2.45, 2.75) is 25.3 Å². The third-order valence-corrected chi connectivity index (χ3v) is 3.87. The topological polar surface area (TPSA) is 40.6 Å². The molecule has 2 aliphatic rings. The maximum absolute atomic E-state index is 13.3. The summed E-state index contributed by atoms with van der Waals surface area (Å²) in [7, 11) is 0. The van der Waals surface area contributed by atoms with Gasteiger partial charge in [-0.2, -0.15) is 0 Å². The van der Waals surface area contributed by atoms with E-state index in [2.05, 4.69) is 0 Å². The van der Waals surface area contributed by atoms with Gasteiger partial charge in [0.25, 0.3) is 5.91 Å². The minimum absolute atomic E-state index is 0.0978. The van der Waals surface area contributed by atoms with Gasteiger partial charge in [0.1, 0.15) is 0 Å². The molecule has 0 aromatic heterocycles. The molecule has 3 rings (SSSR count). The zero-order valence-corrected chi connectivity index (χ0v) is 10.8. The van der Waals surface area contributed by atoms with E-state index in [4.69, 9.17) is 0 Å². The molecular weight excluding hydrogens is 266 g/mol. The van der Waals surface area contributed by atoms with Gasteiger partial charge < -0.3 is 0 Å². The fraction of sp³-hybridized carbons (Fsp3) is 0.429. The van der Waals surface area contributed by atoms with Crippen molar-refractivity contribution >= 4 is 17.5 Å². The molecule has 2 saturated heterocycles. The molecule has 0 aliphatic carbocycles. The predicted octanol–water partition coefficient (Wildman–Crippen LogP) is 1.69. The number of rotatable bonds is 2. The molecule has 0 saturated carbocycles. The molecule has 20 heavy (non-hydrogen) atoms. The summed E-state index contributed by atoms with van der Waals surface area (Å²) in [5.74, 6) is -2.77. The zero-order valence-electron chi connectivity index (χ0n) is 10.8. The van der Waals surface area contributed by atoms with E-state index in [9.17, 15) is 18.4 Å². The standard InChI is InChI=1S/C14H14F2N2O2/c15-10-4-3-9(7-11(10)16)18-13(19)8-12(14(18)20)17-5-1-2-6-17/h3-4,7,12H,1-2,5-6,8H2/t12-/m1/s1. The molecule has 1 aromatic rings. The number of amides is 2. The van der Waals surface area contributed by atoms with Gasteiger partial charge in [-0.3, -0.25) is 14.5 Å². The van der Waals surface area contributed by atoms with E-state index in [1.807, 2.05) is 4.90 Å². The normalized spacial score (nSPS) is 23.9. The molecule has 2 fully saturated rings. The summed E-state index contributed by atoms with van der Waals surface area (Å²) in [4.78, 5) is 27.3. The van der Waals surface area contributed by atoms with E-state index in [1.54, 1.807) is 0 Å². The van der Waals surface area contributed by atoms with Gasteiger partial charge in [0, 0.05) is 6.07 Å². The van der Waals surface area contributed by atoms with Crippen molar-refractivity contribution in [1.29, 1.82) is 0 Å². The van der Waals surface area contributed by atoms with Crippen LogP contribution in [0.1, 0.15) is 19.3 Å². The van der Waals surface area contributed by atoms with Crippen LogP contribution < -0.4 is 4.90 Å². The van der Waals surface area contributed by atoms with Gasteiger partial charge >= 0.3 is 0 Å². The Kier molecular flexibility index (Phi) is 3.25. The Balaban J connectivity index is 1.87. The van der Waals surface area contributed by atoms with Gasteiger partial charge in [-0.15, -0.1) is 0 Å². The second-order valence-electron chi connectivity index (χ2n) is 5.13. The Bertz CT molecular complexity index is 570. The summed E-state index contributed by atoms with van der Waals surface area (Å²) in [6.07, 6.45) is 2.14. The third-order valence-electron chi connectivity index (χ3n) is 3.87. The molecule has 1 atom stereocenters. The van der Waals surface area contributed by atoms with E-state index >= 15 is 0 Å². The first-order valence-electron chi connectivity index (χ1n) is 6.64. The van der Waals surface area contributed by atoms with Crippen LogP contribution in [0.3, 0.4) is 0 Å². The van der Waals surface area contributed by atoms with Crippen molar-refractivity contribution in [3.63, 3.8) is 0 Å².